The number of β-amino-alcohol motifs (C(OH)–C–C–N with tert-alkyl or cyclic N) is 1. The van der Waals surface area contributed by atoms with Crippen molar-refractivity contribution in [3.8, 4) is 27.7 Å². The zero-order chi connectivity index (χ0) is 54.0. The first-order valence-electron chi connectivity index (χ1n) is 25.3. The standard InChI is InChI=1S/C55H68N8O10S2/c1-8-26-72-40-17-15-18-41(29-40)73-47-31-45-44(61(6)54(69)62(45)7)30-43(47)60-75(70,71)42-19-14-16-38(27-42)51(66)56-25-13-11-9-10-12-20-48(65)59-50(55(3,4)5)53(68)63-33-39(64)28-46(63)52(67)57-32-36-21-23-37(24-22-36)49-35(2)58-34-74-49/h14-19,21-24,27,29-31,34,39,46,50,60,64H,8-13,20,25-26,28,32-33H2,1-7H3,(H,56,66)(H,57,67)(H,59,65)/t39-,46+,50-/m1/s1. The summed E-state index contributed by atoms with van der Waals surface area (Å²) in [7, 11) is -1.07. The van der Waals surface area contributed by atoms with Crippen LogP contribution in [0.1, 0.15) is 101 Å². The molecule has 1 fully saturated rings. The van der Waals surface area contributed by atoms with E-state index in [1.807, 2.05) is 58.9 Å². The summed E-state index contributed by atoms with van der Waals surface area (Å²) < 4.78 is 45.3. The van der Waals surface area contributed by atoms with E-state index in [2.05, 4.69) is 25.7 Å². The molecule has 6 aromatic rings. The van der Waals surface area contributed by atoms with Crippen molar-refractivity contribution >= 4 is 61.7 Å². The van der Waals surface area contributed by atoms with Crippen LogP contribution in [0.3, 0.4) is 0 Å². The Morgan fingerprint density at radius 2 is 1.57 bits per heavy atom. The Labute approximate surface area is 441 Å². The number of sulfonamides is 1. The minimum absolute atomic E-state index is 0.0171. The molecular formula is C55H68N8O10S2. The lowest BCUT2D eigenvalue weighted by Crippen LogP contribution is -2.57. The second-order valence-corrected chi connectivity index (χ2v) is 22.6. The van der Waals surface area contributed by atoms with Crippen molar-refractivity contribution in [2.45, 2.75) is 116 Å². The van der Waals surface area contributed by atoms with Crippen molar-refractivity contribution in [3.05, 3.63) is 118 Å². The summed E-state index contributed by atoms with van der Waals surface area (Å²) in [5, 5.41) is 19.3. The Hall–Kier alpha value is -7.03. The highest BCUT2D eigenvalue weighted by Crippen LogP contribution is 2.36. The van der Waals surface area contributed by atoms with Gasteiger partial charge in [0.15, 0.2) is 5.75 Å². The molecule has 400 valence electrons. The molecule has 0 saturated carbocycles. The van der Waals surface area contributed by atoms with Crippen LogP contribution in [0, 0.1) is 12.3 Å². The van der Waals surface area contributed by atoms with E-state index >= 15 is 0 Å². The second kappa shape index (κ2) is 24.5. The van der Waals surface area contributed by atoms with E-state index < -0.39 is 45.4 Å². The van der Waals surface area contributed by atoms with Gasteiger partial charge in [-0.1, -0.05) is 83.4 Å². The molecule has 3 atom stereocenters. The average molecular weight is 1070 g/mol. The van der Waals surface area contributed by atoms with Gasteiger partial charge in [0.25, 0.3) is 15.9 Å². The summed E-state index contributed by atoms with van der Waals surface area (Å²) in [6, 6.07) is 21.8. The Bertz CT molecular complexity index is 3180. The highest BCUT2D eigenvalue weighted by molar-refractivity contribution is 7.92. The number of unbranched alkanes of at least 4 members (excludes halogenated alkanes) is 4. The van der Waals surface area contributed by atoms with Gasteiger partial charge < -0.3 is 35.4 Å². The Morgan fingerprint density at radius 3 is 2.28 bits per heavy atom. The largest absolute Gasteiger partial charge is 0.493 e. The number of nitrogens with one attached hydrogen (secondary N) is 4. The molecule has 1 saturated heterocycles. The fourth-order valence-corrected chi connectivity index (χ4v) is 10.8. The van der Waals surface area contributed by atoms with Crippen LogP contribution in [0.25, 0.3) is 21.5 Å². The molecule has 3 heterocycles. The van der Waals surface area contributed by atoms with Crippen molar-refractivity contribution in [3.63, 3.8) is 0 Å². The number of imidazole rings is 1. The lowest BCUT2D eigenvalue weighted by molar-refractivity contribution is -0.144. The van der Waals surface area contributed by atoms with Crippen molar-refractivity contribution < 1.29 is 42.2 Å². The molecule has 0 aliphatic carbocycles. The molecule has 7 rings (SSSR count). The van der Waals surface area contributed by atoms with Crippen molar-refractivity contribution in [1.29, 1.82) is 0 Å². The molecular weight excluding hydrogens is 997 g/mol. The smallest absolute Gasteiger partial charge is 0.328 e. The number of anilines is 1. The molecule has 4 amide bonds. The van der Waals surface area contributed by atoms with Gasteiger partial charge in [-0.05, 0) is 79.1 Å². The van der Waals surface area contributed by atoms with Crippen LogP contribution in [0.4, 0.5) is 5.69 Å². The quantitative estimate of drug-likeness (QED) is 0.0393. The first-order chi connectivity index (χ1) is 35.7. The second-order valence-electron chi connectivity index (χ2n) is 20.0. The summed E-state index contributed by atoms with van der Waals surface area (Å²) in [5.74, 6) is -0.407. The number of thiazole rings is 1. The van der Waals surface area contributed by atoms with Crippen LogP contribution in [0.15, 0.2) is 100 Å². The third-order valence-electron chi connectivity index (χ3n) is 13.1. The molecule has 0 unspecified atom stereocenters. The highest BCUT2D eigenvalue weighted by atomic mass is 32.2. The van der Waals surface area contributed by atoms with E-state index in [9.17, 15) is 37.5 Å². The Balaban J connectivity index is 0.860. The van der Waals surface area contributed by atoms with E-state index in [1.165, 1.54) is 44.4 Å². The van der Waals surface area contributed by atoms with Gasteiger partial charge >= 0.3 is 5.69 Å². The number of hydrogen-bond donors (Lipinski definition) is 5. The predicted octanol–water partition coefficient (Wildman–Crippen LogP) is 7.57. The molecule has 1 aliphatic rings. The number of benzene rings is 4. The average Bonchev–Trinajstić information content (AvgIpc) is 4.06. The fraction of sp³-hybridized carbons (Fsp3) is 0.418. The van der Waals surface area contributed by atoms with Crippen LogP contribution in [0.5, 0.6) is 17.2 Å². The Kier molecular flexibility index (Phi) is 18.2. The number of aliphatic hydroxyl groups excluding tert-OH is 1. The first kappa shape index (κ1) is 55.7. The van der Waals surface area contributed by atoms with E-state index in [4.69, 9.17) is 9.47 Å². The predicted molar refractivity (Wildman–Crippen MR) is 289 cm³/mol. The van der Waals surface area contributed by atoms with Gasteiger partial charge in [0.05, 0.1) is 50.4 Å². The third-order valence-corrected chi connectivity index (χ3v) is 15.4. The number of aliphatic hydroxyl groups is 1. The monoisotopic (exact) mass is 1060 g/mol. The third kappa shape index (κ3) is 14.0. The molecule has 2 aromatic heterocycles. The number of carbonyl (C=O) groups excluding carboxylic acids is 4. The number of fused-ring (bicyclic) bond motifs is 1. The number of hydrogen-bond acceptors (Lipinski definition) is 12. The number of amides is 4. The molecule has 20 heteroatoms. The van der Waals surface area contributed by atoms with Gasteiger partial charge in [-0.2, -0.15) is 0 Å². The molecule has 5 N–H and O–H groups in total. The van der Waals surface area contributed by atoms with Gasteiger partial charge in [-0.25, -0.2) is 18.2 Å². The minimum Gasteiger partial charge on any atom is -0.493 e. The van der Waals surface area contributed by atoms with Crippen LogP contribution in [-0.4, -0.2) is 94.1 Å². The lowest BCUT2D eigenvalue weighted by Gasteiger charge is -2.35. The van der Waals surface area contributed by atoms with Crippen molar-refractivity contribution in [2.75, 3.05) is 24.4 Å². The number of ether oxygens (including phenoxy) is 2. The molecule has 0 radical (unpaired) electrons. The van der Waals surface area contributed by atoms with Gasteiger partial charge in [0, 0.05) is 64.3 Å². The maximum Gasteiger partial charge on any atom is 0.328 e. The summed E-state index contributed by atoms with van der Waals surface area (Å²) in [5.41, 5.74) is 4.92. The number of aryl methyl sites for hydroxylation is 3. The topological polar surface area (TPSA) is 232 Å². The van der Waals surface area contributed by atoms with Crippen molar-refractivity contribution in [2.24, 2.45) is 19.5 Å². The number of carbonyl (C=O) groups is 4. The summed E-state index contributed by atoms with van der Waals surface area (Å²) in [6.07, 6.45) is 3.72. The van der Waals surface area contributed by atoms with E-state index in [0.29, 0.717) is 48.5 Å². The van der Waals surface area contributed by atoms with E-state index in [1.54, 1.807) is 61.3 Å². The molecule has 18 nitrogen and oxygen atoms in total. The van der Waals surface area contributed by atoms with Gasteiger partial charge in [-0.3, -0.25) is 33.0 Å². The van der Waals surface area contributed by atoms with Crippen LogP contribution < -0.4 is 35.8 Å². The number of aromatic nitrogens is 3. The summed E-state index contributed by atoms with van der Waals surface area (Å²) in [4.78, 5) is 73.6. The molecule has 0 bridgehead atoms. The summed E-state index contributed by atoms with van der Waals surface area (Å²) >= 11 is 1.56. The van der Waals surface area contributed by atoms with Gasteiger partial charge in [-0.15, -0.1) is 11.3 Å². The zero-order valence-electron chi connectivity index (χ0n) is 43.6. The molecule has 1 aliphatic heterocycles. The minimum atomic E-state index is -4.28. The number of rotatable bonds is 23. The summed E-state index contributed by atoms with van der Waals surface area (Å²) in [6.45, 7) is 10.6. The van der Waals surface area contributed by atoms with E-state index in [-0.39, 0.29) is 65.3 Å². The molecule has 0 spiro atoms. The lowest BCUT2D eigenvalue weighted by atomic mass is 9.85. The normalized spacial score (nSPS) is 15.1. The van der Waals surface area contributed by atoms with Crippen LogP contribution in [0.2, 0.25) is 0 Å². The fourth-order valence-electron chi connectivity index (χ4n) is 8.93. The van der Waals surface area contributed by atoms with Crippen LogP contribution in [-0.2, 0) is 45.0 Å². The maximum absolute atomic E-state index is 14.1. The molecule has 4 aromatic carbocycles. The molecule has 75 heavy (non-hydrogen) atoms. The zero-order valence-corrected chi connectivity index (χ0v) is 45.2. The first-order valence-corrected chi connectivity index (χ1v) is 27.7. The highest BCUT2D eigenvalue weighted by Gasteiger charge is 2.44. The number of likely N-dealkylation sites (tertiary alicyclic amines) is 1. The van der Waals surface area contributed by atoms with E-state index in [0.717, 1.165) is 47.4 Å². The maximum atomic E-state index is 14.1. The van der Waals surface area contributed by atoms with Crippen molar-refractivity contribution in [1.82, 2.24) is 35.0 Å². The SMILES string of the molecule is CCCOc1cccc(Oc2cc3c(cc2NS(=O)(=O)c2cccc(C(=O)NCCCCCCCC(=O)N[C@H](C(=O)N4C[C@H](O)C[C@H]4C(=O)NCc4ccc(-c5scnc5C)cc4)C(C)(C)C)c2)n(C)c(=O)n3C)c1. The Morgan fingerprint density at radius 1 is 0.880 bits per heavy atom. The van der Waals surface area contributed by atoms with Gasteiger partial charge in [0.1, 0.15) is 23.6 Å². The number of nitrogens with zero attached hydrogens (tertiary/aromatic N) is 4. The van der Waals surface area contributed by atoms with Gasteiger partial charge in [0.2, 0.25) is 17.7 Å². The van der Waals surface area contributed by atoms with Crippen LogP contribution >= 0.6 is 11.3 Å².